The lowest BCUT2D eigenvalue weighted by Gasteiger charge is -2.05. The Morgan fingerprint density at radius 2 is 1.74 bits per heavy atom. The van der Waals surface area contributed by atoms with Crippen LogP contribution in [0.1, 0.15) is 15.9 Å². The van der Waals surface area contributed by atoms with Crippen LogP contribution in [-0.2, 0) is 6.42 Å². The van der Waals surface area contributed by atoms with Crippen molar-refractivity contribution in [3.8, 4) is 0 Å². The maximum Gasteiger partial charge on any atom is 0.251 e. The van der Waals surface area contributed by atoms with Crippen LogP contribution in [0.4, 0.5) is 8.78 Å². The van der Waals surface area contributed by atoms with Crippen molar-refractivity contribution >= 4 is 5.91 Å². The fourth-order valence-corrected chi connectivity index (χ4v) is 1.71. The molecular weight excluding hydrogens is 248 g/mol. The smallest absolute Gasteiger partial charge is 0.251 e. The Kier molecular flexibility index (Phi) is 4.23. The summed E-state index contributed by atoms with van der Waals surface area (Å²) in [5.41, 5.74) is 1.22. The molecular formula is C15H13F2NO. The first kappa shape index (κ1) is 13.2. The number of hydrogen-bond acceptors (Lipinski definition) is 1. The molecule has 4 heteroatoms. The predicted octanol–water partition coefficient (Wildman–Crippen LogP) is 2.94. The van der Waals surface area contributed by atoms with Gasteiger partial charge in [-0.1, -0.05) is 24.3 Å². The van der Waals surface area contributed by atoms with Crippen LogP contribution in [0.15, 0.2) is 48.5 Å². The van der Waals surface area contributed by atoms with E-state index in [0.29, 0.717) is 24.1 Å². The van der Waals surface area contributed by atoms with Crippen LogP contribution >= 0.6 is 0 Å². The lowest BCUT2D eigenvalue weighted by atomic mass is 10.1. The summed E-state index contributed by atoms with van der Waals surface area (Å²) in [6.45, 7) is 0.374. The van der Waals surface area contributed by atoms with Crippen molar-refractivity contribution in [2.45, 2.75) is 6.42 Å². The van der Waals surface area contributed by atoms with Crippen molar-refractivity contribution in [3.63, 3.8) is 0 Å². The fourth-order valence-electron chi connectivity index (χ4n) is 1.71. The Balaban J connectivity index is 1.87. The molecule has 2 nitrogen and oxygen atoms in total. The molecule has 0 spiro atoms. The zero-order chi connectivity index (χ0) is 13.7. The van der Waals surface area contributed by atoms with Gasteiger partial charge in [0, 0.05) is 12.1 Å². The van der Waals surface area contributed by atoms with Crippen molar-refractivity contribution in [2.24, 2.45) is 0 Å². The highest BCUT2D eigenvalue weighted by Crippen LogP contribution is 2.08. The zero-order valence-corrected chi connectivity index (χ0v) is 10.2. The molecule has 2 aromatic carbocycles. The molecule has 0 saturated heterocycles. The Hall–Kier alpha value is -2.23. The number of carbonyl (C=O) groups is 1. The first-order valence-corrected chi connectivity index (χ1v) is 5.94. The van der Waals surface area contributed by atoms with Crippen LogP contribution in [-0.4, -0.2) is 12.5 Å². The average molecular weight is 261 g/mol. The standard InChI is InChI=1S/C15H13F2NO/c16-13-7-6-11(10-14(13)17)8-9-18-15(19)12-4-2-1-3-5-12/h1-7,10H,8-9H2,(H,18,19). The van der Waals surface area contributed by atoms with Crippen molar-refractivity contribution in [1.82, 2.24) is 5.32 Å². The van der Waals surface area contributed by atoms with Crippen LogP contribution in [0.5, 0.6) is 0 Å². The molecule has 1 amide bonds. The first-order valence-electron chi connectivity index (χ1n) is 5.94. The van der Waals surface area contributed by atoms with Gasteiger partial charge in [-0.25, -0.2) is 8.78 Å². The molecule has 0 fully saturated rings. The normalized spacial score (nSPS) is 10.2. The summed E-state index contributed by atoms with van der Waals surface area (Å²) >= 11 is 0. The van der Waals surface area contributed by atoms with E-state index in [1.54, 1.807) is 24.3 Å². The van der Waals surface area contributed by atoms with E-state index in [1.165, 1.54) is 6.07 Å². The second-order valence-electron chi connectivity index (χ2n) is 4.12. The van der Waals surface area contributed by atoms with Gasteiger partial charge in [0.15, 0.2) is 11.6 Å². The van der Waals surface area contributed by atoms with E-state index >= 15 is 0 Å². The van der Waals surface area contributed by atoms with Gasteiger partial charge >= 0.3 is 0 Å². The van der Waals surface area contributed by atoms with Gasteiger partial charge in [0.1, 0.15) is 0 Å². The second-order valence-corrected chi connectivity index (χ2v) is 4.12. The molecule has 1 N–H and O–H groups in total. The van der Waals surface area contributed by atoms with E-state index in [9.17, 15) is 13.6 Å². The van der Waals surface area contributed by atoms with Crippen molar-refractivity contribution in [1.29, 1.82) is 0 Å². The molecule has 0 heterocycles. The van der Waals surface area contributed by atoms with Crippen LogP contribution in [0, 0.1) is 11.6 Å². The SMILES string of the molecule is O=C(NCCc1ccc(F)c(F)c1)c1ccccc1. The quantitative estimate of drug-likeness (QED) is 0.900. The summed E-state index contributed by atoms with van der Waals surface area (Å²) in [6, 6.07) is 12.6. The van der Waals surface area contributed by atoms with Gasteiger partial charge in [-0.2, -0.15) is 0 Å². The summed E-state index contributed by atoms with van der Waals surface area (Å²) in [4.78, 5) is 11.7. The number of amides is 1. The minimum Gasteiger partial charge on any atom is -0.352 e. The number of benzene rings is 2. The Morgan fingerprint density at radius 3 is 2.42 bits per heavy atom. The average Bonchev–Trinajstić information content (AvgIpc) is 2.43. The third-order valence-corrected chi connectivity index (χ3v) is 2.72. The molecule has 0 unspecified atom stereocenters. The highest BCUT2D eigenvalue weighted by molar-refractivity contribution is 5.94. The molecule has 0 atom stereocenters. The van der Waals surface area contributed by atoms with Crippen molar-refractivity contribution in [2.75, 3.05) is 6.54 Å². The van der Waals surface area contributed by atoms with Gasteiger partial charge in [-0.3, -0.25) is 4.79 Å². The lowest BCUT2D eigenvalue weighted by molar-refractivity contribution is 0.0954. The van der Waals surface area contributed by atoms with Gasteiger partial charge in [0.25, 0.3) is 5.91 Å². The van der Waals surface area contributed by atoms with E-state index < -0.39 is 11.6 Å². The molecule has 0 aliphatic rings. The summed E-state index contributed by atoms with van der Waals surface area (Å²) in [7, 11) is 0. The zero-order valence-electron chi connectivity index (χ0n) is 10.2. The third kappa shape index (κ3) is 3.61. The maximum absolute atomic E-state index is 13.0. The number of carbonyl (C=O) groups excluding carboxylic acids is 1. The molecule has 0 bridgehead atoms. The third-order valence-electron chi connectivity index (χ3n) is 2.72. The van der Waals surface area contributed by atoms with Crippen LogP contribution in [0.25, 0.3) is 0 Å². The highest BCUT2D eigenvalue weighted by Gasteiger charge is 2.05. The molecule has 0 saturated carbocycles. The molecule has 0 radical (unpaired) electrons. The van der Waals surface area contributed by atoms with E-state index in [0.717, 1.165) is 12.1 Å². The van der Waals surface area contributed by atoms with E-state index in [1.807, 2.05) is 6.07 Å². The van der Waals surface area contributed by atoms with Crippen LogP contribution < -0.4 is 5.32 Å². The topological polar surface area (TPSA) is 29.1 Å². The largest absolute Gasteiger partial charge is 0.352 e. The molecule has 19 heavy (non-hydrogen) atoms. The van der Waals surface area contributed by atoms with E-state index in [4.69, 9.17) is 0 Å². The van der Waals surface area contributed by atoms with E-state index in [2.05, 4.69) is 5.32 Å². The summed E-state index contributed by atoms with van der Waals surface area (Å²) in [5, 5.41) is 2.73. The van der Waals surface area contributed by atoms with Gasteiger partial charge in [-0.15, -0.1) is 0 Å². The van der Waals surface area contributed by atoms with Gasteiger partial charge in [-0.05, 0) is 36.2 Å². The van der Waals surface area contributed by atoms with Crippen molar-refractivity contribution < 1.29 is 13.6 Å². The van der Waals surface area contributed by atoms with E-state index in [-0.39, 0.29) is 5.91 Å². The Bertz CT molecular complexity index is 570. The highest BCUT2D eigenvalue weighted by atomic mass is 19.2. The van der Waals surface area contributed by atoms with Gasteiger partial charge in [0.2, 0.25) is 0 Å². The fraction of sp³-hybridized carbons (Fsp3) is 0.133. The second kappa shape index (κ2) is 6.09. The Morgan fingerprint density at radius 1 is 1.00 bits per heavy atom. The summed E-state index contributed by atoms with van der Waals surface area (Å²) in [6.07, 6.45) is 0.454. The number of rotatable bonds is 4. The Labute approximate surface area is 110 Å². The maximum atomic E-state index is 13.0. The number of hydrogen-bond donors (Lipinski definition) is 1. The molecule has 2 rings (SSSR count). The molecule has 0 aliphatic heterocycles. The van der Waals surface area contributed by atoms with Gasteiger partial charge in [0.05, 0.1) is 0 Å². The molecule has 98 valence electrons. The molecule has 2 aromatic rings. The van der Waals surface area contributed by atoms with Crippen LogP contribution in [0.3, 0.4) is 0 Å². The minimum absolute atomic E-state index is 0.178. The number of nitrogens with one attached hydrogen (secondary N) is 1. The predicted molar refractivity (Wildman–Crippen MR) is 68.8 cm³/mol. The lowest BCUT2D eigenvalue weighted by Crippen LogP contribution is -2.25. The summed E-state index contributed by atoms with van der Waals surface area (Å²) < 4.78 is 25.7. The molecule has 0 aromatic heterocycles. The van der Waals surface area contributed by atoms with Crippen molar-refractivity contribution in [3.05, 3.63) is 71.3 Å². The first-order chi connectivity index (χ1) is 9.16. The molecule has 0 aliphatic carbocycles. The summed E-state index contributed by atoms with van der Waals surface area (Å²) in [5.74, 6) is -1.91. The van der Waals surface area contributed by atoms with Gasteiger partial charge < -0.3 is 5.32 Å². The minimum atomic E-state index is -0.869. The number of halogens is 2. The monoisotopic (exact) mass is 261 g/mol. The van der Waals surface area contributed by atoms with Crippen LogP contribution in [0.2, 0.25) is 0 Å².